The Morgan fingerprint density at radius 2 is 1.78 bits per heavy atom. The summed E-state index contributed by atoms with van der Waals surface area (Å²) in [6.07, 6.45) is 2.78. The number of ether oxygens (including phenoxy) is 2. The molecule has 2 radical (unpaired) electrons. The third kappa shape index (κ3) is 13.2. The predicted octanol–water partition coefficient (Wildman–Crippen LogP) is 4.36. The summed E-state index contributed by atoms with van der Waals surface area (Å²) >= 11 is 0. The number of hydrogen-bond donors (Lipinski definition) is 0. The van der Waals surface area contributed by atoms with Crippen LogP contribution in [0.2, 0.25) is 0 Å². The summed E-state index contributed by atoms with van der Waals surface area (Å²) in [4.78, 5) is 0. The molecule has 3 unspecified atom stereocenters. The molecule has 0 saturated heterocycles. The lowest BCUT2D eigenvalue weighted by atomic mass is 10.0. The maximum Gasteiger partial charge on any atom is 0.353 e. The Morgan fingerprint density at radius 3 is 2.28 bits per heavy atom. The van der Waals surface area contributed by atoms with Gasteiger partial charge < -0.3 is 27.6 Å². The highest BCUT2D eigenvalue weighted by atomic mass is 31.2. The van der Waals surface area contributed by atoms with Gasteiger partial charge in [0.25, 0.3) is 8.53 Å². The topological polar surface area (TPSA) is 99.5 Å². The molecule has 0 aromatic rings. The smallest absolute Gasteiger partial charge is 0.353 e. The Balaban J connectivity index is 5.17. The van der Waals surface area contributed by atoms with Crippen molar-refractivity contribution in [1.82, 2.24) is 4.67 Å². The average molecular weight is 490 g/mol. The molecule has 182 valence electrons. The Hall–Kier alpha value is -0.585. The first-order valence-corrected chi connectivity index (χ1v) is 13.1. The van der Waals surface area contributed by atoms with E-state index < -0.39 is 28.2 Å². The van der Waals surface area contributed by atoms with Gasteiger partial charge in [0.05, 0.1) is 45.0 Å². The first kappa shape index (κ1) is 31.4. The molecule has 0 bridgehead atoms. The maximum atomic E-state index is 12.3. The molecule has 0 aliphatic carbocycles. The molecule has 0 rings (SSSR count). The molecule has 0 fully saturated rings. The van der Waals surface area contributed by atoms with E-state index in [1.165, 1.54) is 26.1 Å². The van der Waals surface area contributed by atoms with Crippen LogP contribution in [0.15, 0.2) is 24.5 Å². The lowest BCUT2D eigenvalue weighted by Crippen LogP contribution is -2.35. The van der Waals surface area contributed by atoms with E-state index in [1.54, 1.807) is 6.08 Å². The number of hydrogen-bond acceptors (Lipinski definition) is 9. The van der Waals surface area contributed by atoms with Gasteiger partial charge in [0.1, 0.15) is 7.85 Å². The summed E-state index contributed by atoms with van der Waals surface area (Å²) in [7, 11) is 3.92. The van der Waals surface area contributed by atoms with E-state index in [2.05, 4.69) is 17.3 Å². The van der Waals surface area contributed by atoms with Crippen LogP contribution >= 0.6 is 16.1 Å². The van der Waals surface area contributed by atoms with Crippen molar-refractivity contribution in [2.45, 2.75) is 58.3 Å². The van der Waals surface area contributed by atoms with Crippen molar-refractivity contribution in [1.29, 1.82) is 5.26 Å². The number of rotatable bonds is 19. The summed E-state index contributed by atoms with van der Waals surface area (Å²) in [5.74, 6) is 1.31. The molecule has 0 spiro atoms. The largest absolute Gasteiger partial charge is 0.376 e. The van der Waals surface area contributed by atoms with Crippen LogP contribution in [0, 0.1) is 11.3 Å². The normalized spacial score (nSPS) is 15.4. The average Bonchev–Trinajstić information content (AvgIpc) is 2.75. The molecule has 32 heavy (non-hydrogen) atoms. The summed E-state index contributed by atoms with van der Waals surface area (Å²) in [5.41, 5.74) is 0. The van der Waals surface area contributed by atoms with Crippen molar-refractivity contribution < 1.29 is 32.1 Å². The SMILES string of the molecule is [B]C(COP(OCCC#N)N(C(C)C)C(C)C)OC(/C=C/P(=O)(OC)OC)COCC=C. The van der Waals surface area contributed by atoms with Gasteiger partial charge in [0.2, 0.25) is 0 Å². The van der Waals surface area contributed by atoms with Gasteiger partial charge in [-0.3, -0.25) is 4.57 Å². The first-order valence-electron chi connectivity index (χ1n) is 10.3. The molecular formula is C20H37BN2O7P2. The zero-order valence-electron chi connectivity index (χ0n) is 20.0. The lowest BCUT2D eigenvalue weighted by Gasteiger charge is -2.36. The fourth-order valence-corrected chi connectivity index (χ4v) is 4.93. The summed E-state index contributed by atoms with van der Waals surface area (Å²) in [6.45, 7) is 12.6. The van der Waals surface area contributed by atoms with Crippen molar-refractivity contribution >= 4 is 24.0 Å². The molecule has 9 nitrogen and oxygen atoms in total. The highest BCUT2D eigenvalue weighted by Crippen LogP contribution is 2.48. The molecule has 0 saturated carbocycles. The molecule has 0 N–H and O–H groups in total. The van der Waals surface area contributed by atoms with Crippen LogP contribution < -0.4 is 0 Å². The molecule has 0 aliphatic heterocycles. The van der Waals surface area contributed by atoms with E-state index in [4.69, 9.17) is 40.7 Å². The van der Waals surface area contributed by atoms with E-state index in [-0.39, 0.29) is 38.3 Å². The predicted molar refractivity (Wildman–Crippen MR) is 127 cm³/mol. The summed E-state index contributed by atoms with van der Waals surface area (Å²) in [6, 6.07) is 1.58. The van der Waals surface area contributed by atoms with Gasteiger partial charge in [-0.15, -0.1) is 6.58 Å². The summed E-state index contributed by atoms with van der Waals surface area (Å²) in [5, 5.41) is 8.81. The van der Waals surface area contributed by atoms with Gasteiger partial charge in [0, 0.05) is 38.1 Å². The first-order chi connectivity index (χ1) is 15.1. The molecule has 0 aromatic heterocycles. The zero-order chi connectivity index (χ0) is 24.6. The van der Waals surface area contributed by atoms with Crippen LogP contribution in [0.1, 0.15) is 34.1 Å². The second kappa shape index (κ2) is 17.8. The van der Waals surface area contributed by atoms with Crippen molar-refractivity contribution in [3.8, 4) is 6.07 Å². The molecule has 0 aliphatic rings. The Morgan fingerprint density at radius 1 is 1.16 bits per heavy atom. The Kier molecular flexibility index (Phi) is 17.5. The molecule has 12 heteroatoms. The fourth-order valence-electron chi connectivity index (χ4n) is 2.52. The maximum absolute atomic E-state index is 12.3. The third-order valence-electron chi connectivity index (χ3n) is 3.87. The quantitative estimate of drug-likeness (QED) is 0.113. The van der Waals surface area contributed by atoms with Crippen LogP contribution in [-0.2, 0) is 32.1 Å². The third-order valence-corrected chi connectivity index (χ3v) is 7.50. The van der Waals surface area contributed by atoms with Crippen LogP contribution in [0.25, 0.3) is 0 Å². The van der Waals surface area contributed by atoms with Crippen LogP contribution in [0.5, 0.6) is 0 Å². The van der Waals surface area contributed by atoms with E-state index in [0.717, 1.165) is 0 Å². The van der Waals surface area contributed by atoms with Crippen molar-refractivity contribution in [3.63, 3.8) is 0 Å². The van der Waals surface area contributed by atoms with Gasteiger partial charge in [-0.25, -0.2) is 4.67 Å². The molecular weight excluding hydrogens is 453 g/mol. The van der Waals surface area contributed by atoms with Gasteiger partial charge in [-0.05, 0) is 33.8 Å². The standard InChI is InChI=1S/C20H37BN2O7P2/c1-8-12-27-15-19(10-14-32(24,25-6)26-7)30-20(21)16-29-31(28-13-9-11-22)23(17(2)3)18(4)5/h8,10,14,17-20H,1,9,12-13,15-16H2,2-7H3/b14-10+. The molecule has 0 heterocycles. The monoisotopic (exact) mass is 490 g/mol. The zero-order valence-corrected chi connectivity index (χ0v) is 21.8. The second-order valence-corrected chi connectivity index (χ2v) is 10.7. The minimum Gasteiger partial charge on any atom is -0.376 e. The van der Waals surface area contributed by atoms with E-state index >= 15 is 0 Å². The van der Waals surface area contributed by atoms with Crippen LogP contribution in [-0.4, -0.2) is 77.4 Å². The molecule has 3 atom stereocenters. The van der Waals surface area contributed by atoms with Gasteiger partial charge >= 0.3 is 7.60 Å². The van der Waals surface area contributed by atoms with Crippen molar-refractivity contribution in [2.24, 2.45) is 0 Å². The van der Waals surface area contributed by atoms with E-state index in [9.17, 15) is 4.57 Å². The summed E-state index contributed by atoms with van der Waals surface area (Å²) < 4.78 is 47.2. The highest BCUT2D eigenvalue weighted by Gasteiger charge is 2.28. The van der Waals surface area contributed by atoms with Crippen LogP contribution in [0.3, 0.4) is 0 Å². The Labute approximate surface area is 195 Å². The highest BCUT2D eigenvalue weighted by molar-refractivity contribution is 7.57. The number of nitriles is 1. The molecule has 0 amide bonds. The van der Waals surface area contributed by atoms with Crippen molar-refractivity contribution in [2.75, 3.05) is 40.6 Å². The fraction of sp³-hybridized carbons (Fsp3) is 0.750. The van der Waals surface area contributed by atoms with Gasteiger partial charge in [0.15, 0.2) is 0 Å². The van der Waals surface area contributed by atoms with Crippen molar-refractivity contribution in [3.05, 3.63) is 24.5 Å². The second-order valence-electron chi connectivity index (χ2n) is 7.13. The Bertz CT molecular complexity index is 616. The van der Waals surface area contributed by atoms with Crippen LogP contribution in [0.4, 0.5) is 0 Å². The number of nitrogens with zero attached hydrogens (tertiary/aromatic N) is 2. The van der Waals surface area contributed by atoms with E-state index in [0.29, 0.717) is 6.61 Å². The van der Waals surface area contributed by atoms with E-state index in [1.807, 2.05) is 27.7 Å². The minimum atomic E-state index is -3.36. The van der Waals surface area contributed by atoms with Gasteiger partial charge in [-0.1, -0.05) is 6.08 Å². The minimum absolute atomic E-state index is 0.0478. The lowest BCUT2D eigenvalue weighted by molar-refractivity contribution is -0.0147. The van der Waals surface area contributed by atoms with Gasteiger partial charge in [-0.2, -0.15) is 5.26 Å². The molecule has 0 aromatic carbocycles.